The van der Waals surface area contributed by atoms with Crippen molar-refractivity contribution in [2.75, 3.05) is 6.54 Å². The first-order chi connectivity index (χ1) is 9.48. The zero-order valence-corrected chi connectivity index (χ0v) is 11.7. The van der Waals surface area contributed by atoms with Crippen LogP contribution in [0, 0.1) is 6.92 Å². The minimum atomic E-state index is -1.14. The van der Waals surface area contributed by atoms with E-state index in [1.807, 2.05) is 37.3 Å². The second-order valence-corrected chi connectivity index (χ2v) is 5.12. The van der Waals surface area contributed by atoms with Gasteiger partial charge in [0.05, 0.1) is 5.69 Å². The van der Waals surface area contributed by atoms with Crippen molar-refractivity contribution in [2.24, 2.45) is 12.8 Å². The molecule has 0 radical (unpaired) electrons. The topological polar surface area (TPSA) is 81.1 Å². The number of hydrogen-bond acceptors (Lipinski definition) is 3. The van der Waals surface area contributed by atoms with Gasteiger partial charge in [-0.15, -0.1) is 0 Å². The van der Waals surface area contributed by atoms with Crippen molar-refractivity contribution >= 4 is 5.97 Å². The van der Waals surface area contributed by atoms with Crippen molar-refractivity contribution in [3.05, 3.63) is 53.3 Å². The first kappa shape index (κ1) is 14.3. The second-order valence-electron chi connectivity index (χ2n) is 5.12. The Morgan fingerprint density at radius 1 is 1.45 bits per heavy atom. The standard InChI is InChI=1S/C15H19N3O2/c1-11-4-3-5-12(8-11)15(10-16,14(19)20)9-13-6-7-18(2)17-13/h3-8H,9-10,16H2,1-2H3,(H,19,20). The summed E-state index contributed by atoms with van der Waals surface area (Å²) in [6, 6.07) is 9.31. The van der Waals surface area contributed by atoms with Crippen LogP contribution in [0.4, 0.5) is 0 Å². The number of rotatable bonds is 5. The SMILES string of the molecule is Cc1cccc(C(CN)(Cc2ccn(C)n2)C(=O)O)c1. The normalized spacial score (nSPS) is 13.9. The smallest absolute Gasteiger partial charge is 0.315 e. The van der Waals surface area contributed by atoms with Crippen LogP contribution in [0.2, 0.25) is 0 Å². The quantitative estimate of drug-likeness (QED) is 0.859. The molecule has 5 nitrogen and oxygen atoms in total. The molecule has 0 aliphatic rings. The lowest BCUT2D eigenvalue weighted by Gasteiger charge is -2.28. The molecule has 1 aromatic carbocycles. The summed E-state index contributed by atoms with van der Waals surface area (Å²) in [5, 5.41) is 14.0. The Bertz CT molecular complexity index is 621. The molecule has 0 aliphatic carbocycles. The average molecular weight is 273 g/mol. The van der Waals surface area contributed by atoms with Gasteiger partial charge in [0.25, 0.3) is 0 Å². The Kier molecular flexibility index (Phi) is 3.90. The maximum absolute atomic E-state index is 11.9. The Balaban J connectivity index is 2.47. The van der Waals surface area contributed by atoms with E-state index in [9.17, 15) is 9.90 Å². The number of aliphatic carboxylic acids is 1. The first-order valence-corrected chi connectivity index (χ1v) is 6.47. The van der Waals surface area contributed by atoms with Crippen molar-refractivity contribution < 1.29 is 9.90 Å². The zero-order valence-electron chi connectivity index (χ0n) is 11.7. The van der Waals surface area contributed by atoms with E-state index in [-0.39, 0.29) is 13.0 Å². The average Bonchev–Trinajstić information content (AvgIpc) is 2.81. The number of carbonyl (C=O) groups is 1. The largest absolute Gasteiger partial charge is 0.481 e. The molecule has 0 fully saturated rings. The summed E-state index contributed by atoms with van der Waals surface area (Å²) >= 11 is 0. The fraction of sp³-hybridized carbons (Fsp3) is 0.333. The molecule has 2 aromatic rings. The molecule has 2 rings (SSSR count). The molecular weight excluding hydrogens is 254 g/mol. The van der Waals surface area contributed by atoms with Crippen molar-refractivity contribution in [1.29, 1.82) is 0 Å². The molecule has 106 valence electrons. The molecule has 3 N–H and O–H groups in total. The Hall–Kier alpha value is -2.14. The third kappa shape index (κ3) is 2.58. The predicted molar refractivity (Wildman–Crippen MR) is 76.5 cm³/mol. The van der Waals surface area contributed by atoms with E-state index in [4.69, 9.17) is 5.73 Å². The van der Waals surface area contributed by atoms with Gasteiger partial charge < -0.3 is 10.8 Å². The lowest BCUT2D eigenvalue weighted by molar-refractivity contribution is -0.143. The molecule has 5 heteroatoms. The number of carboxylic acids is 1. The molecule has 0 saturated heterocycles. The number of aryl methyl sites for hydroxylation is 2. The van der Waals surface area contributed by atoms with E-state index in [1.54, 1.807) is 17.9 Å². The van der Waals surface area contributed by atoms with Crippen molar-refractivity contribution in [1.82, 2.24) is 9.78 Å². The van der Waals surface area contributed by atoms with Crippen LogP contribution in [0.3, 0.4) is 0 Å². The molecule has 0 spiro atoms. The highest BCUT2D eigenvalue weighted by Crippen LogP contribution is 2.28. The predicted octanol–water partition coefficient (Wildman–Crippen LogP) is 1.25. The van der Waals surface area contributed by atoms with Crippen molar-refractivity contribution in [3.63, 3.8) is 0 Å². The van der Waals surface area contributed by atoms with Crippen LogP contribution in [0.25, 0.3) is 0 Å². The van der Waals surface area contributed by atoms with Gasteiger partial charge in [-0.3, -0.25) is 9.48 Å². The summed E-state index contributed by atoms with van der Waals surface area (Å²) in [6.07, 6.45) is 2.08. The van der Waals surface area contributed by atoms with Gasteiger partial charge in [0.1, 0.15) is 5.41 Å². The van der Waals surface area contributed by atoms with E-state index < -0.39 is 11.4 Å². The monoisotopic (exact) mass is 273 g/mol. The second kappa shape index (κ2) is 5.46. The molecule has 0 amide bonds. The fourth-order valence-corrected chi connectivity index (χ4v) is 2.39. The Labute approximate surface area is 118 Å². The zero-order chi connectivity index (χ0) is 14.8. The molecule has 20 heavy (non-hydrogen) atoms. The van der Waals surface area contributed by atoms with Crippen LogP contribution >= 0.6 is 0 Å². The number of nitrogens with two attached hydrogens (primary N) is 1. The highest BCUT2D eigenvalue weighted by molar-refractivity contribution is 5.82. The van der Waals surface area contributed by atoms with Crippen LogP contribution < -0.4 is 5.73 Å². The van der Waals surface area contributed by atoms with Crippen LogP contribution in [-0.2, 0) is 23.7 Å². The molecule has 0 bridgehead atoms. The highest BCUT2D eigenvalue weighted by Gasteiger charge is 2.40. The molecule has 0 saturated carbocycles. The van der Waals surface area contributed by atoms with E-state index in [1.165, 1.54) is 0 Å². The third-order valence-corrected chi connectivity index (χ3v) is 3.58. The van der Waals surface area contributed by atoms with Gasteiger partial charge >= 0.3 is 5.97 Å². The van der Waals surface area contributed by atoms with Gasteiger partial charge in [0.2, 0.25) is 0 Å². The minimum Gasteiger partial charge on any atom is -0.481 e. The van der Waals surface area contributed by atoms with Gasteiger partial charge in [0, 0.05) is 26.2 Å². The fourth-order valence-electron chi connectivity index (χ4n) is 2.39. The first-order valence-electron chi connectivity index (χ1n) is 6.47. The molecule has 1 aromatic heterocycles. The summed E-state index contributed by atoms with van der Waals surface area (Å²) in [6.45, 7) is 1.97. The lowest BCUT2D eigenvalue weighted by atomic mass is 9.76. The highest BCUT2D eigenvalue weighted by atomic mass is 16.4. The van der Waals surface area contributed by atoms with E-state index in [0.29, 0.717) is 0 Å². The molecule has 1 atom stereocenters. The number of aromatic nitrogens is 2. The van der Waals surface area contributed by atoms with Crippen molar-refractivity contribution in [3.8, 4) is 0 Å². The van der Waals surface area contributed by atoms with Gasteiger partial charge in [-0.25, -0.2) is 0 Å². The summed E-state index contributed by atoms with van der Waals surface area (Å²) in [4.78, 5) is 11.9. The van der Waals surface area contributed by atoms with Gasteiger partial charge in [0.15, 0.2) is 0 Å². The van der Waals surface area contributed by atoms with Gasteiger partial charge in [-0.2, -0.15) is 5.10 Å². The van der Waals surface area contributed by atoms with Crippen LogP contribution in [0.1, 0.15) is 16.8 Å². The number of carboxylic acid groups (broad SMARTS) is 1. The maximum atomic E-state index is 11.9. The van der Waals surface area contributed by atoms with Crippen LogP contribution in [-0.4, -0.2) is 27.4 Å². The summed E-state index contributed by atoms with van der Waals surface area (Å²) in [5.41, 5.74) is 7.15. The number of nitrogens with zero attached hydrogens (tertiary/aromatic N) is 2. The summed E-state index contributed by atoms with van der Waals surface area (Å²) in [5.74, 6) is -0.920. The van der Waals surface area contributed by atoms with Gasteiger partial charge in [-0.1, -0.05) is 29.8 Å². The van der Waals surface area contributed by atoms with Crippen molar-refractivity contribution in [2.45, 2.75) is 18.8 Å². The number of hydrogen-bond donors (Lipinski definition) is 2. The maximum Gasteiger partial charge on any atom is 0.315 e. The third-order valence-electron chi connectivity index (χ3n) is 3.58. The molecule has 1 heterocycles. The van der Waals surface area contributed by atoms with Gasteiger partial charge in [-0.05, 0) is 18.6 Å². The van der Waals surface area contributed by atoms with Crippen LogP contribution in [0.15, 0.2) is 36.5 Å². The van der Waals surface area contributed by atoms with E-state index >= 15 is 0 Å². The molecular formula is C15H19N3O2. The molecule has 0 aliphatic heterocycles. The summed E-state index contributed by atoms with van der Waals surface area (Å²) < 4.78 is 1.66. The number of benzene rings is 1. The van der Waals surface area contributed by atoms with Crippen LogP contribution in [0.5, 0.6) is 0 Å². The van der Waals surface area contributed by atoms with E-state index in [0.717, 1.165) is 16.8 Å². The Morgan fingerprint density at radius 3 is 2.70 bits per heavy atom. The lowest BCUT2D eigenvalue weighted by Crippen LogP contribution is -2.45. The van der Waals surface area contributed by atoms with E-state index in [2.05, 4.69) is 5.10 Å². The Morgan fingerprint density at radius 2 is 2.20 bits per heavy atom. The molecule has 1 unspecified atom stereocenters. The minimum absolute atomic E-state index is 0.0301. The summed E-state index contributed by atoms with van der Waals surface area (Å²) in [7, 11) is 1.81.